The number of hydrogen-bond donors (Lipinski definition) is 1. The van der Waals surface area contributed by atoms with E-state index in [0.717, 1.165) is 61.2 Å². The molecule has 6 heteroatoms. The Morgan fingerprint density at radius 3 is 2.79 bits per heavy atom. The van der Waals surface area contributed by atoms with Gasteiger partial charge < -0.3 is 19.6 Å². The van der Waals surface area contributed by atoms with Crippen molar-refractivity contribution in [1.29, 1.82) is 0 Å². The lowest BCUT2D eigenvalue weighted by Crippen LogP contribution is -2.42. The molecule has 1 aliphatic rings. The number of nitrogens with two attached hydrogens (primary N) is 1. The van der Waals surface area contributed by atoms with Gasteiger partial charge in [-0.3, -0.25) is 4.90 Å². The van der Waals surface area contributed by atoms with Crippen LogP contribution in [0.15, 0.2) is 59.0 Å². The van der Waals surface area contributed by atoms with Gasteiger partial charge in [0.05, 0.1) is 18.4 Å². The van der Waals surface area contributed by atoms with Crippen LogP contribution in [0.4, 0.5) is 0 Å². The Hall–Kier alpha value is -2.67. The predicted octanol–water partition coefficient (Wildman–Crippen LogP) is 3.99. The third-order valence-electron chi connectivity index (χ3n) is 5.04. The Bertz CT molecular complexity index is 924. The zero-order valence-corrected chi connectivity index (χ0v) is 16.7. The van der Waals surface area contributed by atoms with Crippen molar-refractivity contribution in [1.82, 2.24) is 9.88 Å². The quantitative estimate of drug-likeness (QED) is 0.654. The number of aryl methyl sites for hydroxylation is 1. The second-order valence-corrected chi connectivity index (χ2v) is 7.27. The molecule has 2 N–H and O–H groups in total. The Labute approximate surface area is 171 Å². The van der Waals surface area contributed by atoms with Crippen LogP contribution in [0.1, 0.15) is 17.9 Å². The third-order valence-corrected chi connectivity index (χ3v) is 5.04. The van der Waals surface area contributed by atoms with Crippen molar-refractivity contribution < 1.29 is 13.9 Å². The zero-order valence-electron chi connectivity index (χ0n) is 16.7. The average molecular weight is 393 g/mol. The maximum absolute atomic E-state index is 5.98. The summed E-state index contributed by atoms with van der Waals surface area (Å²) < 4.78 is 17.7. The molecule has 4 rings (SSSR count). The number of para-hydroxylation sites is 1. The summed E-state index contributed by atoms with van der Waals surface area (Å²) in [7, 11) is 0. The average Bonchev–Trinajstić information content (AvgIpc) is 3.10. The van der Waals surface area contributed by atoms with Crippen molar-refractivity contribution in [3.63, 3.8) is 0 Å². The molecule has 1 unspecified atom stereocenters. The number of morpholine rings is 1. The summed E-state index contributed by atoms with van der Waals surface area (Å²) in [6.07, 6.45) is 1.08. The van der Waals surface area contributed by atoms with E-state index in [4.69, 9.17) is 24.6 Å². The molecule has 0 saturated carbocycles. The van der Waals surface area contributed by atoms with E-state index in [9.17, 15) is 0 Å². The summed E-state index contributed by atoms with van der Waals surface area (Å²) in [5.41, 5.74) is 7.53. The summed E-state index contributed by atoms with van der Waals surface area (Å²) in [5, 5.41) is 0. The molecule has 0 amide bonds. The summed E-state index contributed by atoms with van der Waals surface area (Å²) in [4.78, 5) is 7.12. The van der Waals surface area contributed by atoms with Crippen LogP contribution >= 0.6 is 0 Å². The smallest absolute Gasteiger partial charge is 0.226 e. The molecule has 0 radical (unpaired) electrons. The van der Waals surface area contributed by atoms with Crippen molar-refractivity contribution in [2.75, 3.05) is 26.2 Å². The minimum atomic E-state index is 0.201. The first-order valence-electron chi connectivity index (χ1n) is 10.0. The van der Waals surface area contributed by atoms with Gasteiger partial charge in [-0.2, -0.15) is 0 Å². The van der Waals surface area contributed by atoms with E-state index >= 15 is 0 Å². The summed E-state index contributed by atoms with van der Waals surface area (Å²) in [6.45, 7) is 5.86. The van der Waals surface area contributed by atoms with Crippen molar-refractivity contribution in [2.24, 2.45) is 5.73 Å². The molecule has 1 aliphatic heterocycles. The highest BCUT2D eigenvalue weighted by atomic mass is 16.5. The summed E-state index contributed by atoms with van der Waals surface area (Å²) in [5.74, 6) is 3.01. The Morgan fingerprint density at radius 2 is 1.97 bits per heavy atom. The third kappa shape index (κ3) is 5.03. The van der Waals surface area contributed by atoms with Gasteiger partial charge in [0.1, 0.15) is 17.3 Å². The standard InChI is InChI=1S/C23H27N3O3/c1-17-22(16-26-12-13-27-21(15-26)10-11-24)25-23(28-17)18-6-5-9-20(14-18)29-19-7-3-2-4-8-19/h2-9,14,21H,10-13,15-16,24H2,1H3. The molecular formula is C23H27N3O3. The Balaban J connectivity index is 1.47. The molecule has 2 aromatic carbocycles. The zero-order chi connectivity index (χ0) is 20.1. The molecule has 2 heterocycles. The summed E-state index contributed by atoms with van der Waals surface area (Å²) in [6, 6.07) is 17.5. The van der Waals surface area contributed by atoms with Crippen LogP contribution in [0.3, 0.4) is 0 Å². The summed E-state index contributed by atoms with van der Waals surface area (Å²) >= 11 is 0. The number of oxazole rings is 1. The fourth-order valence-corrected chi connectivity index (χ4v) is 3.51. The van der Waals surface area contributed by atoms with E-state index in [1.54, 1.807) is 0 Å². The maximum Gasteiger partial charge on any atom is 0.226 e. The van der Waals surface area contributed by atoms with Crippen molar-refractivity contribution in [3.05, 3.63) is 66.1 Å². The van der Waals surface area contributed by atoms with Gasteiger partial charge in [0.15, 0.2) is 0 Å². The fraction of sp³-hybridized carbons (Fsp3) is 0.348. The van der Waals surface area contributed by atoms with Gasteiger partial charge in [0, 0.05) is 25.2 Å². The van der Waals surface area contributed by atoms with Crippen LogP contribution in [0.2, 0.25) is 0 Å². The highest BCUT2D eigenvalue weighted by Gasteiger charge is 2.22. The number of nitrogens with zero attached hydrogens (tertiary/aromatic N) is 2. The molecule has 3 aromatic rings. The van der Waals surface area contributed by atoms with E-state index in [0.29, 0.717) is 12.4 Å². The van der Waals surface area contributed by atoms with Crippen LogP contribution in [-0.2, 0) is 11.3 Å². The molecule has 0 spiro atoms. The van der Waals surface area contributed by atoms with Crippen LogP contribution in [0.5, 0.6) is 11.5 Å². The van der Waals surface area contributed by atoms with Crippen LogP contribution in [0.25, 0.3) is 11.5 Å². The van der Waals surface area contributed by atoms with Crippen molar-refractivity contribution in [2.45, 2.75) is 26.0 Å². The molecule has 1 saturated heterocycles. The highest BCUT2D eigenvalue weighted by Crippen LogP contribution is 2.28. The second kappa shape index (κ2) is 9.22. The molecule has 1 fully saturated rings. The highest BCUT2D eigenvalue weighted by molar-refractivity contribution is 5.57. The number of ether oxygens (including phenoxy) is 2. The number of rotatable bonds is 7. The van der Waals surface area contributed by atoms with Crippen molar-refractivity contribution >= 4 is 0 Å². The van der Waals surface area contributed by atoms with E-state index in [2.05, 4.69) is 4.90 Å². The molecule has 1 aromatic heterocycles. The van der Waals surface area contributed by atoms with E-state index in [-0.39, 0.29) is 6.10 Å². The molecule has 0 aliphatic carbocycles. The van der Waals surface area contributed by atoms with Gasteiger partial charge in [-0.05, 0) is 50.2 Å². The Kier molecular flexibility index (Phi) is 6.24. The van der Waals surface area contributed by atoms with Crippen LogP contribution in [-0.4, -0.2) is 42.2 Å². The van der Waals surface area contributed by atoms with E-state index < -0.39 is 0 Å². The lowest BCUT2D eigenvalue weighted by molar-refractivity contribution is -0.0339. The fourth-order valence-electron chi connectivity index (χ4n) is 3.51. The molecule has 152 valence electrons. The van der Waals surface area contributed by atoms with E-state index in [1.807, 2.05) is 61.5 Å². The number of hydrogen-bond acceptors (Lipinski definition) is 6. The SMILES string of the molecule is Cc1oc(-c2cccc(Oc3ccccc3)c2)nc1CN1CCOC(CCN)C1. The topological polar surface area (TPSA) is 73.8 Å². The number of aromatic nitrogens is 1. The first-order valence-corrected chi connectivity index (χ1v) is 10.0. The lowest BCUT2D eigenvalue weighted by Gasteiger charge is -2.32. The minimum Gasteiger partial charge on any atom is -0.457 e. The number of benzene rings is 2. The second-order valence-electron chi connectivity index (χ2n) is 7.27. The minimum absolute atomic E-state index is 0.201. The molecule has 29 heavy (non-hydrogen) atoms. The van der Waals surface area contributed by atoms with Crippen LogP contribution < -0.4 is 10.5 Å². The first kappa shape index (κ1) is 19.6. The van der Waals surface area contributed by atoms with Gasteiger partial charge in [-0.1, -0.05) is 24.3 Å². The van der Waals surface area contributed by atoms with Gasteiger partial charge in [-0.15, -0.1) is 0 Å². The molecule has 1 atom stereocenters. The van der Waals surface area contributed by atoms with E-state index in [1.165, 1.54) is 0 Å². The normalized spacial score (nSPS) is 17.4. The molecule has 6 nitrogen and oxygen atoms in total. The largest absolute Gasteiger partial charge is 0.457 e. The first-order chi connectivity index (χ1) is 14.2. The van der Waals surface area contributed by atoms with Crippen LogP contribution in [0, 0.1) is 6.92 Å². The monoisotopic (exact) mass is 393 g/mol. The predicted molar refractivity (Wildman–Crippen MR) is 112 cm³/mol. The van der Waals surface area contributed by atoms with Gasteiger partial charge in [-0.25, -0.2) is 4.98 Å². The lowest BCUT2D eigenvalue weighted by atomic mass is 10.2. The van der Waals surface area contributed by atoms with Crippen molar-refractivity contribution in [3.8, 4) is 23.0 Å². The van der Waals surface area contributed by atoms with Gasteiger partial charge >= 0.3 is 0 Å². The molecular weight excluding hydrogens is 366 g/mol. The van der Waals surface area contributed by atoms with Gasteiger partial charge in [0.25, 0.3) is 0 Å². The Morgan fingerprint density at radius 1 is 1.14 bits per heavy atom. The maximum atomic E-state index is 5.98. The molecule has 0 bridgehead atoms. The van der Waals surface area contributed by atoms with Gasteiger partial charge in [0.2, 0.25) is 5.89 Å².